The van der Waals surface area contributed by atoms with Crippen molar-refractivity contribution >= 4 is 21.7 Å². The highest BCUT2D eigenvalue weighted by atomic mass is 79.9. The quantitative estimate of drug-likeness (QED) is 0.854. The number of rotatable bonds is 3. The minimum Gasteiger partial charge on any atom is -0.376 e. The fourth-order valence-electron chi connectivity index (χ4n) is 2.00. The van der Waals surface area contributed by atoms with Crippen molar-refractivity contribution in [3.63, 3.8) is 0 Å². The summed E-state index contributed by atoms with van der Waals surface area (Å²) in [6, 6.07) is 3.94. The van der Waals surface area contributed by atoms with Gasteiger partial charge in [-0.25, -0.2) is 4.98 Å². The molecule has 0 N–H and O–H groups in total. The molecule has 1 fully saturated rings. The summed E-state index contributed by atoms with van der Waals surface area (Å²) in [6.45, 7) is 1.82. The van der Waals surface area contributed by atoms with E-state index in [-0.39, 0.29) is 0 Å². The predicted octanol–water partition coefficient (Wildman–Crippen LogP) is 2.85. The van der Waals surface area contributed by atoms with E-state index in [1.807, 2.05) is 18.3 Å². The molecule has 0 radical (unpaired) electrons. The van der Waals surface area contributed by atoms with Crippen molar-refractivity contribution in [2.75, 3.05) is 25.1 Å². The third-order valence-electron chi connectivity index (χ3n) is 2.85. The topological polar surface area (TPSA) is 25.4 Å². The first-order valence-electron chi connectivity index (χ1n) is 5.70. The lowest BCUT2D eigenvalue weighted by Crippen LogP contribution is -2.33. The first kappa shape index (κ1) is 11.9. The van der Waals surface area contributed by atoms with Gasteiger partial charge in [0.25, 0.3) is 0 Å². The van der Waals surface area contributed by atoms with Gasteiger partial charge < -0.3 is 9.64 Å². The molecule has 0 bridgehead atoms. The Morgan fingerprint density at radius 1 is 1.56 bits per heavy atom. The Bertz CT molecular complexity index is 340. The number of halogens is 1. The highest BCUT2D eigenvalue weighted by Gasteiger charge is 2.17. The zero-order valence-corrected chi connectivity index (χ0v) is 11.1. The minimum atomic E-state index is 0.354. The van der Waals surface area contributed by atoms with Gasteiger partial charge in [0, 0.05) is 26.4 Å². The van der Waals surface area contributed by atoms with Crippen LogP contribution < -0.4 is 4.90 Å². The van der Waals surface area contributed by atoms with E-state index >= 15 is 0 Å². The van der Waals surface area contributed by atoms with Crippen molar-refractivity contribution in [2.45, 2.75) is 25.4 Å². The van der Waals surface area contributed by atoms with Crippen LogP contribution in [0.5, 0.6) is 0 Å². The normalized spacial score (nSPS) is 20.8. The van der Waals surface area contributed by atoms with Crippen LogP contribution in [0.4, 0.5) is 5.82 Å². The van der Waals surface area contributed by atoms with Crippen molar-refractivity contribution < 1.29 is 4.74 Å². The molecule has 1 aliphatic heterocycles. The van der Waals surface area contributed by atoms with Gasteiger partial charge in [0.2, 0.25) is 0 Å². The Labute approximate surface area is 105 Å². The highest BCUT2D eigenvalue weighted by molar-refractivity contribution is 9.10. The molecule has 1 aliphatic rings. The summed E-state index contributed by atoms with van der Waals surface area (Å²) >= 11 is 3.52. The van der Waals surface area contributed by atoms with Crippen molar-refractivity contribution in [1.29, 1.82) is 0 Å². The van der Waals surface area contributed by atoms with Gasteiger partial charge in [0.1, 0.15) is 5.82 Å². The molecule has 0 saturated carbocycles. The fraction of sp³-hybridized carbons (Fsp3) is 0.583. The first-order chi connectivity index (χ1) is 7.77. The van der Waals surface area contributed by atoms with Crippen LogP contribution in [0.25, 0.3) is 0 Å². The Hall–Kier alpha value is -0.610. The van der Waals surface area contributed by atoms with Crippen LogP contribution in [-0.2, 0) is 4.74 Å². The molecule has 16 heavy (non-hydrogen) atoms. The van der Waals surface area contributed by atoms with Crippen LogP contribution in [0, 0.1) is 0 Å². The largest absolute Gasteiger partial charge is 0.376 e. The molecule has 1 aromatic heterocycles. The van der Waals surface area contributed by atoms with E-state index in [1.54, 1.807) is 0 Å². The van der Waals surface area contributed by atoms with E-state index in [2.05, 4.69) is 32.9 Å². The predicted molar refractivity (Wildman–Crippen MR) is 68.8 cm³/mol. The summed E-state index contributed by atoms with van der Waals surface area (Å²) in [7, 11) is 2.06. The van der Waals surface area contributed by atoms with Crippen molar-refractivity contribution in [3.05, 3.63) is 22.8 Å². The zero-order chi connectivity index (χ0) is 11.4. The molecule has 0 aromatic carbocycles. The molecule has 1 saturated heterocycles. The van der Waals surface area contributed by atoms with E-state index in [0.29, 0.717) is 6.10 Å². The lowest BCUT2D eigenvalue weighted by atomic mass is 10.1. The Morgan fingerprint density at radius 2 is 2.44 bits per heavy atom. The van der Waals surface area contributed by atoms with Crippen molar-refractivity contribution in [2.24, 2.45) is 0 Å². The zero-order valence-electron chi connectivity index (χ0n) is 9.53. The molecule has 1 atom stereocenters. The average molecular weight is 285 g/mol. The SMILES string of the molecule is CN(CC1CCCCO1)c1ncccc1Br. The second-order valence-electron chi connectivity index (χ2n) is 4.18. The summed E-state index contributed by atoms with van der Waals surface area (Å²) in [5.41, 5.74) is 0. The highest BCUT2D eigenvalue weighted by Crippen LogP contribution is 2.23. The molecule has 4 heteroatoms. The van der Waals surface area contributed by atoms with E-state index in [1.165, 1.54) is 12.8 Å². The van der Waals surface area contributed by atoms with Gasteiger partial charge in [-0.3, -0.25) is 0 Å². The van der Waals surface area contributed by atoms with Gasteiger partial charge in [-0.15, -0.1) is 0 Å². The summed E-state index contributed by atoms with van der Waals surface area (Å²) in [5.74, 6) is 0.983. The smallest absolute Gasteiger partial charge is 0.142 e. The van der Waals surface area contributed by atoms with E-state index in [4.69, 9.17) is 4.74 Å². The molecule has 0 aliphatic carbocycles. The van der Waals surface area contributed by atoms with Crippen LogP contribution in [0.1, 0.15) is 19.3 Å². The number of hydrogen-bond acceptors (Lipinski definition) is 3. The summed E-state index contributed by atoms with van der Waals surface area (Å²) < 4.78 is 6.76. The van der Waals surface area contributed by atoms with Crippen molar-refractivity contribution in [1.82, 2.24) is 4.98 Å². The number of hydrogen-bond donors (Lipinski definition) is 0. The molecule has 0 spiro atoms. The van der Waals surface area contributed by atoms with E-state index < -0.39 is 0 Å². The Balaban J connectivity index is 1.96. The molecule has 2 rings (SSSR count). The van der Waals surface area contributed by atoms with Gasteiger partial charge in [-0.1, -0.05) is 0 Å². The number of ether oxygens (including phenoxy) is 1. The molecule has 2 heterocycles. The number of nitrogens with zero attached hydrogens (tertiary/aromatic N) is 2. The molecule has 88 valence electrons. The number of likely N-dealkylation sites (N-methyl/N-ethyl adjacent to an activating group) is 1. The van der Waals surface area contributed by atoms with Crippen LogP contribution in [0.15, 0.2) is 22.8 Å². The first-order valence-corrected chi connectivity index (χ1v) is 6.50. The molecule has 0 amide bonds. The van der Waals surface area contributed by atoms with Gasteiger partial charge in [0.05, 0.1) is 10.6 Å². The standard InChI is InChI=1S/C12H17BrN2O/c1-15(9-10-5-2-3-8-16-10)12-11(13)6-4-7-14-12/h4,6-7,10H,2-3,5,8-9H2,1H3. The molecule has 3 nitrogen and oxygen atoms in total. The van der Waals surface area contributed by atoms with Crippen LogP contribution in [0.2, 0.25) is 0 Å². The number of pyridine rings is 1. The van der Waals surface area contributed by atoms with E-state index in [9.17, 15) is 0 Å². The maximum atomic E-state index is 5.73. The van der Waals surface area contributed by atoms with E-state index in [0.717, 1.165) is 29.9 Å². The lowest BCUT2D eigenvalue weighted by Gasteiger charge is -2.28. The second-order valence-corrected chi connectivity index (χ2v) is 5.03. The minimum absolute atomic E-state index is 0.354. The Morgan fingerprint density at radius 3 is 3.12 bits per heavy atom. The van der Waals surface area contributed by atoms with Crippen LogP contribution in [-0.4, -0.2) is 31.3 Å². The molecule has 1 aromatic rings. The number of aromatic nitrogens is 1. The van der Waals surface area contributed by atoms with Gasteiger partial charge in [-0.05, 0) is 47.3 Å². The fourth-order valence-corrected chi connectivity index (χ4v) is 2.56. The van der Waals surface area contributed by atoms with Crippen LogP contribution >= 0.6 is 15.9 Å². The van der Waals surface area contributed by atoms with Gasteiger partial charge >= 0.3 is 0 Å². The molecular weight excluding hydrogens is 268 g/mol. The molecular formula is C12H17BrN2O. The van der Waals surface area contributed by atoms with Crippen LogP contribution in [0.3, 0.4) is 0 Å². The summed E-state index contributed by atoms with van der Waals surface area (Å²) in [5, 5.41) is 0. The maximum Gasteiger partial charge on any atom is 0.142 e. The number of anilines is 1. The summed E-state index contributed by atoms with van der Waals surface area (Å²) in [4.78, 5) is 6.52. The van der Waals surface area contributed by atoms with Gasteiger partial charge in [-0.2, -0.15) is 0 Å². The van der Waals surface area contributed by atoms with Crippen molar-refractivity contribution in [3.8, 4) is 0 Å². The van der Waals surface area contributed by atoms with Gasteiger partial charge in [0.15, 0.2) is 0 Å². The summed E-state index contributed by atoms with van der Waals surface area (Å²) in [6.07, 6.45) is 5.82. The monoisotopic (exact) mass is 284 g/mol. The maximum absolute atomic E-state index is 5.73. The average Bonchev–Trinajstić information content (AvgIpc) is 2.31. The third-order valence-corrected chi connectivity index (χ3v) is 3.47. The Kier molecular flexibility index (Phi) is 4.18. The third kappa shape index (κ3) is 2.95. The molecule has 1 unspecified atom stereocenters. The second kappa shape index (κ2) is 5.64. The lowest BCUT2D eigenvalue weighted by molar-refractivity contribution is 0.0215.